The Bertz CT molecular complexity index is 486. The summed E-state index contributed by atoms with van der Waals surface area (Å²) in [6, 6.07) is 8.81. The monoisotopic (exact) mass is 244 g/mol. The maximum Gasteiger partial charge on any atom is 0.250 e. The normalized spacial score (nSPS) is 27.6. The lowest BCUT2D eigenvalue weighted by atomic mass is 10.1. The summed E-state index contributed by atoms with van der Waals surface area (Å²) in [6.45, 7) is 2.53. The standard InChI is InChI=1S/C14H16N2O2/c1-10-13(17)15-9-5-8-12(15)14(18)16(10)11-6-3-2-4-7-11/h2-4,6-7,10,12H,5,8-9H2,1H3. The number of fused-ring (bicyclic) bond motifs is 1. The van der Waals surface area contributed by atoms with Crippen molar-refractivity contribution in [3.63, 3.8) is 0 Å². The van der Waals surface area contributed by atoms with Gasteiger partial charge in [0, 0.05) is 12.2 Å². The summed E-state index contributed by atoms with van der Waals surface area (Å²) in [4.78, 5) is 28.2. The first-order chi connectivity index (χ1) is 8.70. The Labute approximate surface area is 106 Å². The first-order valence-corrected chi connectivity index (χ1v) is 6.39. The molecule has 0 aliphatic carbocycles. The van der Waals surface area contributed by atoms with Crippen molar-refractivity contribution < 1.29 is 9.59 Å². The van der Waals surface area contributed by atoms with E-state index in [-0.39, 0.29) is 17.9 Å². The average Bonchev–Trinajstić information content (AvgIpc) is 2.87. The van der Waals surface area contributed by atoms with Crippen LogP contribution in [-0.4, -0.2) is 35.3 Å². The predicted octanol–water partition coefficient (Wildman–Crippen LogP) is 1.41. The molecule has 0 spiro atoms. The highest BCUT2D eigenvalue weighted by Gasteiger charge is 2.46. The van der Waals surface area contributed by atoms with Crippen LogP contribution in [0.1, 0.15) is 19.8 Å². The first kappa shape index (κ1) is 11.3. The number of hydrogen-bond donors (Lipinski definition) is 0. The van der Waals surface area contributed by atoms with E-state index in [1.54, 1.807) is 9.80 Å². The molecule has 2 aliphatic heterocycles. The highest BCUT2D eigenvalue weighted by Crippen LogP contribution is 2.30. The van der Waals surface area contributed by atoms with Gasteiger partial charge >= 0.3 is 0 Å². The largest absolute Gasteiger partial charge is 0.329 e. The number of nitrogens with zero attached hydrogens (tertiary/aromatic N) is 2. The molecule has 1 aromatic carbocycles. The molecule has 0 bridgehead atoms. The molecule has 2 fully saturated rings. The molecule has 2 unspecified atom stereocenters. The molecule has 94 valence electrons. The summed E-state index contributed by atoms with van der Waals surface area (Å²) in [6.07, 6.45) is 1.72. The van der Waals surface area contributed by atoms with E-state index in [1.165, 1.54) is 0 Å². The van der Waals surface area contributed by atoms with E-state index in [9.17, 15) is 9.59 Å². The number of benzene rings is 1. The Balaban J connectivity index is 1.99. The number of amides is 2. The van der Waals surface area contributed by atoms with Gasteiger partial charge in [0.1, 0.15) is 12.1 Å². The Hall–Kier alpha value is -1.84. The van der Waals surface area contributed by atoms with E-state index in [1.807, 2.05) is 37.3 Å². The van der Waals surface area contributed by atoms with Gasteiger partial charge in [0.2, 0.25) is 5.91 Å². The van der Waals surface area contributed by atoms with E-state index in [2.05, 4.69) is 0 Å². The number of piperazine rings is 1. The van der Waals surface area contributed by atoms with Crippen LogP contribution in [0.15, 0.2) is 30.3 Å². The highest BCUT2D eigenvalue weighted by molar-refractivity contribution is 6.08. The molecule has 2 atom stereocenters. The molecule has 1 aromatic rings. The zero-order valence-electron chi connectivity index (χ0n) is 10.4. The van der Waals surface area contributed by atoms with Gasteiger partial charge in [-0.05, 0) is 31.9 Å². The van der Waals surface area contributed by atoms with Gasteiger partial charge in [0.05, 0.1) is 0 Å². The zero-order valence-corrected chi connectivity index (χ0v) is 10.4. The Morgan fingerprint density at radius 1 is 1.11 bits per heavy atom. The minimum atomic E-state index is -0.394. The molecule has 0 aromatic heterocycles. The third-order valence-electron chi connectivity index (χ3n) is 3.84. The molecular weight excluding hydrogens is 228 g/mol. The smallest absolute Gasteiger partial charge is 0.250 e. The third kappa shape index (κ3) is 1.52. The molecular formula is C14H16N2O2. The topological polar surface area (TPSA) is 40.6 Å². The van der Waals surface area contributed by atoms with Gasteiger partial charge in [-0.3, -0.25) is 14.5 Å². The van der Waals surface area contributed by atoms with Crippen LogP contribution >= 0.6 is 0 Å². The summed E-state index contributed by atoms with van der Waals surface area (Å²) in [5, 5.41) is 0. The van der Waals surface area contributed by atoms with Gasteiger partial charge in [-0.1, -0.05) is 18.2 Å². The second-order valence-corrected chi connectivity index (χ2v) is 4.91. The lowest BCUT2D eigenvalue weighted by Gasteiger charge is -2.40. The van der Waals surface area contributed by atoms with Crippen LogP contribution in [0.25, 0.3) is 0 Å². The van der Waals surface area contributed by atoms with Crippen molar-refractivity contribution in [2.75, 3.05) is 11.4 Å². The fourth-order valence-electron chi connectivity index (χ4n) is 2.93. The van der Waals surface area contributed by atoms with Crippen LogP contribution in [0.2, 0.25) is 0 Å². The van der Waals surface area contributed by atoms with Crippen molar-refractivity contribution in [1.29, 1.82) is 0 Å². The number of anilines is 1. The lowest BCUT2D eigenvalue weighted by Crippen LogP contribution is -2.62. The Kier molecular flexibility index (Phi) is 2.58. The number of para-hydroxylation sites is 1. The maximum atomic E-state index is 12.5. The Morgan fingerprint density at radius 2 is 1.83 bits per heavy atom. The van der Waals surface area contributed by atoms with Crippen molar-refractivity contribution in [2.45, 2.75) is 31.8 Å². The van der Waals surface area contributed by atoms with Crippen LogP contribution < -0.4 is 4.90 Å². The van der Waals surface area contributed by atoms with Gasteiger partial charge in [0.15, 0.2) is 0 Å². The highest BCUT2D eigenvalue weighted by atomic mass is 16.2. The van der Waals surface area contributed by atoms with Crippen molar-refractivity contribution in [2.24, 2.45) is 0 Å². The molecule has 3 rings (SSSR count). The quantitative estimate of drug-likeness (QED) is 0.749. The van der Waals surface area contributed by atoms with E-state index in [4.69, 9.17) is 0 Å². The van der Waals surface area contributed by atoms with Gasteiger partial charge < -0.3 is 4.90 Å². The van der Waals surface area contributed by atoms with Crippen molar-refractivity contribution in [1.82, 2.24) is 4.90 Å². The summed E-state index contributed by atoms with van der Waals surface area (Å²) in [5.41, 5.74) is 0.815. The third-order valence-corrected chi connectivity index (χ3v) is 3.84. The molecule has 2 saturated heterocycles. The molecule has 2 amide bonds. The molecule has 2 heterocycles. The summed E-state index contributed by atoms with van der Waals surface area (Å²) in [5.74, 6) is 0.131. The molecule has 2 aliphatic rings. The first-order valence-electron chi connectivity index (χ1n) is 6.39. The van der Waals surface area contributed by atoms with Crippen molar-refractivity contribution >= 4 is 17.5 Å². The van der Waals surface area contributed by atoms with Gasteiger partial charge in [-0.2, -0.15) is 0 Å². The number of carbonyl (C=O) groups excluding carboxylic acids is 2. The predicted molar refractivity (Wildman–Crippen MR) is 68.1 cm³/mol. The fraction of sp³-hybridized carbons (Fsp3) is 0.429. The molecule has 0 N–H and O–H groups in total. The lowest BCUT2D eigenvalue weighted by molar-refractivity contribution is -0.143. The number of carbonyl (C=O) groups is 2. The molecule has 4 heteroatoms. The average molecular weight is 244 g/mol. The molecule has 4 nitrogen and oxygen atoms in total. The minimum absolute atomic E-state index is 0.0609. The zero-order chi connectivity index (χ0) is 12.7. The van der Waals surface area contributed by atoms with E-state index in [0.717, 1.165) is 25.1 Å². The van der Waals surface area contributed by atoms with Crippen LogP contribution in [-0.2, 0) is 9.59 Å². The second-order valence-electron chi connectivity index (χ2n) is 4.91. The number of rotatable bonds is 1. The van der Waals surface area contributed by atoms with Crippen LogP contribution in [0.5, 0.6) is 0 Å². The molecule has 18 heavy (non-hydrogen) atoms. The van der Waals surface area contributed by atoms with E-state index < -0.39 is 6.04 Å². The van der Waals surface area contributed by atoms with E-state index >= 15 is 0 Å². The maximum absolute atomic E-state index is 12.5. The summed E-state index contributed by atoms with van der Waals surface area (Å²) in [7, 11) is 0. The van der Waals surface area contributed by atoms with Gasteiger partial charge in [-0.25, -0.2) is 0 Å². The van der Waals surface area contributed by atoms with Crippen LogP contribution in [0.3, 0.4) is 0 Å². The number of hydrogen-bond acceptors (Lipinski definition) is 2. The van der Waals surface area contributed by atoms with Gasteiger partial charge in [-0.15, -0.1) is 0 Å². The van der Waals surface area contributed by atoms with Crippen molar-refractivity contribution in [3.05, 3.63) is 30.3 Å². The van der Waals surface area contributed by atoms with E-state index in [0.29, 0.717) is 0 Å². The second kappa shape index (κ2) is 4.12. The van der Waals surface area contributed by atoms with Crippen LogP contribution in [0, 0.1) is 0 Å². The fourth-order valence-corrected chi connectivity index (χ4v) is 2.93. The molecule has 0 radical (unpaired) electrons. The van der Waals surface area contributed by atoms with Crippen molar-refractivity contribution in [3.8, 4) is 0 Å². The summed E-state index contributed by atoms with van der Waals surface area (Å²) >= 11 is 0. The summed E-state index contributed by atoms with van der Waals surface area (Å²) < 4.78 is 0. The van der Waals surface area contributed by atoms with Crippen LogP contribution in [0.4, 0.5) is 5.69 Å². The Morgan fingerprint density at radius 3 is 2.56 bits per heavy atom. The molecule has 0 saturated carbocycles. The minimum Gasteiger partial charge on any atom is -0.329 e. The SMILES string of the molecule is CC1C(=O)N2CCCC2C(=O)N1c1ccccc1. The van der Waals surface area contributed by atoms with Gasteiger partial charge in [0.25, 0.3) is 5.91 Å².